The molecule has 2 nitrogen and oxygen atoms in total. The molecule has 74 valence electrons. The molecule has 0 unspecified atom stereocenters. The molecule has 0 spiro atoms. The topological polar surface area (TPSA) is 30.0 Å². The van der Waals surface area contributed by atoms with Gasteiger partial charge in [-0.3, -0.25) is 9.78 Å². The lowest BCUT2D eigenvalue weighted by Crippen LogP contribution is -2.01. The number of aromatic nitrogens is 1. The zero-order valence-corrected chi connectivity index (χ0v) is 8.61. The second kappa shape index (κ2) is 4.24. The van der Waals surface area contributed by atoms with Gasteiger partial charge in [0.1, 0.15) is 0 Å². The number of nitrogens with zero attached hydrogens (tertiary/aromatic N) is 1. The molecule has 0 N–H and O–H groups in total. The summed E-state index contributed by atoms with van der Waals surface area (Å²) in [5.74, 6) is -0.0643. The Balaban J connectivity index is 2.37. The van der Waals surface area contributed by atoms with Crippen LogP contribution in [0.5, 0.6) is 0 Å². The fourth-order valence-electron chi connectivity index (χ4n) is 1.29. The van der Waals surface area contributed by atoms with Crippen molar-refractivity contribution in [3.8, 4) is 0 Å². The Labute approximate surface area is 92.5 Å². The van der Waals surface area contributed by atoms with Crippen molar-refractivity contribution < 1.29 is 4.79 Å². The molecule has 2 rings (SSSR count). The van der Waals surface area contributed by atoms with Crippen LogP contribution in [-0.4, -0.2) is 10.8 Å². The van der Waals surface area contributed by atoms with E-state index in [0.29, 0.717) is 16.1 Å². The summed E-state index contributed by atoms with van der Waals surface area (Å²) >= 11 is 5.76. The van der Waals surface area contributed by atoms with Crippen LogP contribution in [0.2, 0.25) is 5.02 Å². The normalized spacial score (nSPS) is 9.93. The molecule has 2 aromatic rings. The number of rotatable bonds is 2. The van der Waals surface area contributed by atoms with E-state index in [1.165, 1.54) is 12.4 Å². The Morgan fingerprint density at radius 2 is 1.80 bits per heavy atom. The minimum absolute atomic E-state index is 0.0643. The van der Waals surface area contributed by atoms with Gasteiger partial charge in [-0.2, -0.15) is 0 Å². The molecule has 0 radical (unpaired) electrons. The lowest BCUT2D eigenvalue weighted by atomic mass is 10.1. The SMILES string of the molecule is O=C(c1ccccc1)c1cncc(Cl)c1. The van der Waals surface area contributed by atoms with Crippen LogP contribution in [0, 0.1) is 0 Å². The molecule has 1 aromatic carbocycles. The highest BCUT2D eigenvalue weighted by Gasteiger charge is 2.08. The lowest BCUT2D eigenvalue weighted by molar-refractivity contribution is 0.103. The van der Waals surface area contributed by atoms with Crippen LogP contribution in [0.15, 0.2) is 48.8 Å². The van der Waals surface area contributed by atoms with Gasteiger partial charge in [-0.1, -0.05) is 41.9 Å². The van der Waals surface area contributed by atoms with E-state index in [2.05, 4.69) is 4.98 Å². The molecular formula is C12H8ClNO. The fraction of sp³-hybridized carbons (Fsp3) is 0. The Morgan fingerprint density at radius 1 is 1.07 bits per heavy atom. The third-order valence-electron chi connectivity index (χ3n) is 2.00. The lowest BCUT2D eigenvalue weighted by Gasteiger charge is -2.00. The van der Waals surface area contributed by atoms with Crippen LogP contribution in [0.1, 0.15) is 15.9 Å². The van der Waals surface area contributed by atoms with Crippen molar-refractivity contribution in [2.45, 2.75) is 0 Å². The van der Waals surface area contributed by atoms with Crippen LogP contribution in [0.25, 0.3) is 0 Å². The van der Waals surface area contributed by atoms with Gasteiger partial charge in [0.2, 0.25) is 0 Å². The summed E-state index contributed by atoms with van der Waals surface area (Å²) in [6.45, 7) is 0. The molecule has 3 heteroatoms. The second-order valence-electron chi connectivity index (χ2n) is 3.09. The predicted octanol–water partition coefficient (Wildman–Crippen LogP) is 2.97. The van der Waals surface area contributed by atoms with Crippen molar-refractivity contribution in [1.82, 2.24) is 4.98 Å². The minimum Gasteiger partial charge on any atom is -0.289 e. The number of carbonyl (C=O) groups is 1. The number of benzene rings is 1. The van der Waals surface area contributed by atoms with Crippen molar-refractivity contribution in [1.29, 1.82) is 0 Å². The molecule has 0 aliphatic carbocycles. The van der Waals surface area contributed by atoms with E-state index in [1.54, 1.807) is 18.2 Å². The number of hydrogen-bond acceptors (Lipinski definition) is 2. The van der Waals surface area contributed by atoms with Gasteiger partial charge < -0.3 is 0 Å². The summed E-state index contributed by atoms with van der Waals surface area (Å²) < 4.78 is 0. The molecule has 0 bridgehead atoms. The molecular weight excluding hydrogens is 210 g/mol. The maximum atomic E-state index is 11.9. The van der Waals surface area contributed by atoms with E-state index >= 15 is 0 Å². The Morgan fingerprint density at radius 3 is 2.47 bits per heavy atom. The highest BCUT2D eigenvalue weighted by Crippen LogP contribution is 2.12. The standard InChI is InChI=1S/C12H8ClNO/c13-11-6-10(7-14-8-11)12(15)9-4-2-1-3-5-9/h1-8H. The molecule has 1 heterocycles. The summed E-state index contributed by atoms with van der Waals surface area (Å²) in [5, 5.41) is 0.469. The first kappa shape index (κ1) is 9.87. The molecule has 0 saturated carbocycles. The van der Waals surface area contributed by atoms with Gasteiger partial charge >= 0.3 is 0 Å². The number of halogens is 1. The quantitative estimate of drug-likeness (QED) is 0.724. The van der Waals surface area contributed by atoms with Crippen LogP contribution >= 0.6 is 11.6 Å². The second-order valence-corrected chi connectivity index (χ2v) is 3.52. The summed E-state index contributed by atoms with van der Waals surface area (Å²) in [7, 11) is 0. The molecule has 15 heavy (non-hydrogen) atoms. The van der Waals surface area contributed by atoms with Crippen LogP contribution in [0.3, 0.4) is 0 Å². The summed E-state index contributed by atoms with van der Waals surface area (Å²) in [5.41, 5.74) is 1.15. The van der Waals surface area contributed by atoms with Gasteiger partial charge in [-0.05, 0) is 6.07 Å². The average Bonchev–Trinajstić information content (AvgIpc) is 2.29. The number of ketones is 1. The van der Waals surface area contributed by atoms with Crippen molar-refractivity contribution in [2.75, 3.05) is 0 Å². The Kier molecular flexibility index (Phi) is 2.79. The molecule has 0 amide bonds. The molecule has 0 aliphatic rings. The van der Waals surface area contributed by atoms with Crippen LogP contribution in [-0.2, 0) is 0 Å². The summed E-state index contributed by atoms with van der Waals surface area (Å²) in [6.07, 6.45) is 3.02. The molecule has 0 atom stereocenters. The first-order chi connectivity index (χ1) is 7.27. The van der Waals surface area contributed by atoms with Gasteiger partial charge in [0, 0.05) is 23.5 Å². The van der Waals surface area contributed by atoms with E-state index in [9.17, 15) is 4.79 Å². The third kappa shape index (κ3) is 2.22. The molecule has 1 aromatic heterocycles. The van der Waals surface area contributed by atoms with Crippen LogP contribution < -0.4 is 0 Å². The van der Waals surface area contributed by atoms with Gasteiger partial charge in [0.25, 0.3) is 0 Å². The third-order valence-corrected chi connectivity index (χ3v) is 2.21. The van der Waals surface area contributed by atoms with E-state index in [-0.39, 0.29) is 5.78 Å². The summed E-state index contributed by atoms with van der Waals surface area (Å²) in [6, 6.07) is 10.7. The van der Waals surface area contributed by atoms with Crippen molar-refractivity contribution in [3.63, 3.8) is 0 Å². The number of carbonyl (C=O) groups excluding carboxylic acids is 1. The molecule has 0 aliphatic heterocycles. The average molecular weight is 218 g/mol. The Bertz CT molecular complexity index is 482. The van der Waals surface area contributed by atoms with Crippen molar-refractivity contribution in [3.05, 3.63) is 64.9 Å². The number of hydrogen-bond donors (Lipinski definition) is 0. The Hall–Kier alpha value is -1.67. The maximum absolute atomic E-state index is 11.9. The van der Waals surface area contributed by atoms with Gasteiger partial charge in [0.15, 0.2) is 5.78 Å². The zero-order valence-electron chi connectivity index (χ0n) is 7.85. The van der Waals surface area contributed by atoms with E-state index in [4.69, 9.17) is 11.6 Å². The zero-order chi connectivity index (χ0) is 10.7. The first-order valence-electron chi connectivity index (χ1n) is 4.47. The molecule has 0 saturated heterocycles. The van der Waals surface area contributed by atoms with E-state index in [1.807, 2.05) is 18.2 Å². The minimum atomic E-state index is -0.0643. The van der Waals surface area contributed by atoms with Crippen molar-refractivity contribution >= 4 is 17.4 Å². The van der Waals surface area contributed by atoms with E-state index < -0.39 is 0 Å². The van der Waals surface area contributed by atoms with Crippen molar-refractivity contribution in [2.24, 2.45) is 0 Å². The fourth-order valence-corrected chi connectivity index (χ4v) is 1.47. The first-order valence-corrected chi connectivity index (χ1v) is 4.85. The monoisotopic (exact) mass is 217 g/mol. The highest BCUT2D eigenvalue weighted by molar-refractivity contribution is 6.31. The maximum Gasteiger partial charge on any atom is 0.194 e. The molecule has 0 fully saturated rings. The largest absolute Gasteiger partial charge is 0.289 e. The highest BCUT2D eigenvalue weighted by atomic mass is 35.5. The predicted molar refractivity (Wildman–Crippen MR) is 59.1 cm³/mol. The van der Waals surface area contributed by atoms with Crippen LogP contribution in [0.4, 0.5) is 0 Å². The smallest absolute Gasteiger partial charge is 0.194 e. The van der Waals surface area contributed by atoms with Gasteiger partial charge in [-0.15, -0.1) is 0 Å². The van der Waals surface area contributed by atoms with E-state index in [0.717, 1.165) is 0 Å². The number of pyridine rings is 1. The summed E-state index contributed by atoms with van der Waals surface area (Å²) in [4.78, 5) is 15.8. The van der Waals surface area contributed by atoms with Gasteiger partial charge in [0.05, 0.1) is 5.02 Å². The van der Waals surface area contributed by atoms with Gasteiger partial charge in [-0.25, -0.2) is 0 Å².